The molecule has 3 rings (SSSR count). The molecule has 0 saturated carbocycles. The monoisotopic (exact) mass is 441 g/mol. The highest BCUT2D eigenvalue weighted by molar-refractivity contribution is 7.53. The summed E-state index contributed by atoms with van der Waals surface area (Å²) in [5.41, 5.74) is 2.30. The molecule has 1 N–H and O–H groups in total. The molecular weight excluding hydrogens is 409 g/mol. The number of rotatable bonds is 12. The van der Waals surface area contributed by atoms with E-state index in [4.69, 9.17) is 23.6 Å². The molecule has 0 spiro atoms. The van der Waals surface area contributed by atoms with Gasteiger partial charge in [0.05, 0.1) is 32.2 Å². The van der Waals surface area contributed by atoms with E-state index in [1.165, 1.54) is 6.33 Å². The van der Waals surface area contributed by atoms with Crippen LogP contribution in [-0.4, -0.2) is 59.4 Å². The van der Waals surface area contributed by atoms with Crippen LogP contribution in [0.25, 0.3) is 11.0 Å². The summed E-state index contributed by atoms with van der Waals surface area (Å²) in [7, 11) is -1.44. The number of fused-ring (bicyclic) bond motifs is 1. The van der Waals surface area contributed by atoms with Gasteiger partial charge in [0.15, 0.2) is 11.7 Å². The predicted octanol–water partition coefficient (Wildman–Crippen LogP) is 3.28. The average molecular weight is 441 g/mol. The van der Waals surface area contributed by atoms with Gasteiger partial charge in [-0.05, 0) is 46.1 Å². The van der Waals surface area contributed by atoms with Crippen LogP contribution in [0.15, 0.2) is 6.33 Å². The highest BCUT2D eigenvalue weighted by Gasteiger charge is 2.25. The van der Waals surface area contributed by atoms with Crippen molar-refractivity contribution < 1.29 is 23.1 Å². The van der Waals surface area contributed by atoms with Crippen LogP contribution < -0.4 is 10.1 Å². The van der Waals surface area contributed by atoms with Crippen molar-refractivity contribution in [2.75, 3.05) is 39.6 Å². The Balaban J connectivity index is 1.69. The van der Waals surface area contributed by atoms with Crippen molar-refractivity contribution in [2.24, 2.45) is 0 Å². The third-order valence-electron chi connectivity index (χ3n) is 4.90. The van der Waals surface area contributed by atoms with E-state index >= 15 is 0 Å². The summed E-state index contributed by atoms with van der Waals surface area (Å²) in [6, 6.07) is 0. The molecule has 1 fully saturated rings. The molecule has 1 unspecified atom stereocenters. The van der Waals surface area contributed by atoms with Crippen LogP contribution in [0, 0.1) is 0 Å². The molecule has 10 nitrogen and oxygen atoms in total. The number of methoxy groups -OCH3 is 1. The first-order valence-corrected chi connectivity index (χ1v) is 12.3. The first-order valence-electron chi connectivity index (χ1n) is 10.6. The van der Waals surface area contributed by atoms with Crippen molar-refractivity contribution in [3.05, 3.63) is 12.0 Å². The van der Waals surface area contributed by atoms with Crippen molar-refractivity contribution in [3.8, 4) is 5.88 Å². The summed E-state index contributed by atoms with van der Waals surface area (Å²) in [5, 5.41) is 8.11. The fourth-order valence-electron chi connectivity index (χ4n) is 3.57. The lowest BCUT2D eigenvalue weighted by atomic mass is 10.2. The summed E-state index contributed by atoms with van der Waals surface area (Å²) < 4.78 is 36.5. The van der Waals surface area contributed by atoms with Crippen molar-refractivity contribution in [1.82, 2.24) is 25.1 Å². The van der Waals surface area contributed by atoms with E-state index in [0.717, 1.165) is 37.1 Å². The second-order valence-corrected chi connectivity index (χ2v) is 9.18. The van der Waals surface area contributed by atoms with Crippen LogP contribution in [-0.2, 0) is 24.9 Å². The van der Waals surface area contributed by atoms with E-state index in [2.05, 4.69) is 15.3 Å². The maximum Gasteiger partial charge on any atom is 0.330 e. The zero-order valence-corrected chi connectivity index (χ0v) is 18.9. The van der Waals surface area contributed by atoms with E-state index in [-0.39, 0.29) is 6.23 Å². The molecule has 1 aliphatic rings. The van der Waals surface area contributed by atoms with Gasteiger partial charge in [-0.2, -0.15) is 10.1 Å². The standard InChI is InChI=1S/C19H32N5O5P/c1-4-28-30(25,29-5-2)12-8-10-20-13-15-17-18(19(26-3)22-14-21-17)23-24(15)16-9-6-7-11-27-16/h14,16,20H,4-13H2,1-3H3. The maximum atomic E-state index is 12.6. The molecule has 0 aliphatic carbocycles. The molecule has 168 valence electrons. The second kappa shape index (κ2) is 11.2. The summed E-state index contributed by atoms with van der Waals surface area (Å²) in [5.74, 6) is 0.449. The summed E-state index contributed by atoms with van der Waals surface area (Å²) >= 11 is 0. The summed E-state index contributed by atoms with van der Waals surface area (Å²) in [6.07, 6.45) is 5.48. The van der Waals surface area contributed by atoms with Gasteiger partial charge in [0.2, 0.25) is 5.88 Å². The van der Waals surface area contributed by atoms with Crippen molar-refractivity contribution in [1.29, 1.82) is 0 Å². The van der Waals surface area contributed by atoms with Gasteiger partial charge in [-0.3, -0.25) is 4.57 Å². The third kappa shape index (κ3) is 5.56. The largest absolute Gasteiger partial charge is 0.479 e. The lowest BCUT2D eigenvalue weighted by Crippen LogP contribution is -2.24. The minimum Gasteiger partial charge on any atom is -0.479 e. The van der Waals surface area contributed by atoms with Gasteiger partial charge in [0, 0.05) is 13.2 Å². The highest BCUT2D eigenvalue weighted by Crippen LogP contribution is 2.48. The van der Waals surface area contributed by atoms with E-state index < -0.39 is 7.60 Å². The Hall–Kier alpha value is -1.58. The average Bonchev–Trinajstić information content (AvgIpc) is 3.13. The lowest BCUT2D eigenvalue weighted by Gasteiger charge is -2.24. The summed E-state index contributed by atoms with van der Waals surface area (Å²) in [6.45, 7) is 6.31. The minimum atomic E-state index is -3.02. The Morgan fingerprint density at radius 1 is 1.23 bits per heavy atom. The Morgan fingerprint density at radius 2 is 2.03 bits per heavy atom. The van der Waals surface area contributed by atoms with Crippen LogP contribution >= 0.6 is 7.60 Å². The van der Waals surface area contributed by atoms with Crippen molar-refractivity contribution in [2.45, 2.75) is 52.3 Å². The maximum absolute atomic E-state index is 12.6. The van der Waals surface area contributed by atoms with Crippen molar-refractivity contribution >= 4 is 18.6 Å². The van der Waals surface area contributed by atoms with Crippen molar-refractivity contribution in [3.63, 3.8) is 0 Å². The lowest BCUT2D eigenvalue weighted by molar-refractivity contribution is -0.0408. The third-order valence-corrected chi connectivity index (χ3v) is 7.06. The molecule has 0 radical (unpaired) electrons. The Labute approximate surface area is 177 Å². The van der Waals surface area contributed by atoms with Crippen LogP contribution in [0.1, 0.15) is 51.5 Å². The zero-order valence-electron chi connectivity index (χ0n) is 18.0. The van der Waals surface area contributed by atoms with Gasteiger partial charge in [0.1, 0.15) is 11.8 Å². The van der Waals surface area contributed by atoms with Gasteiger partial charge in [-0.1, -0.05) is 0 Å². The Morgan fingerprint density at radius 3 is 2.70 bits per heavy atom. The molecule has 1 aliphatic heterocycles. The molecular formula is C19H32N5O5P. The quantitative estimate of drug-likeness (QED) is 0.392. The van der Waals surface area contributed by atoms with Crippen LogP contribution in [0.4, 0.5) is 0 Å². The van der Waals surface area contributed by atoms with E-state index in [0.29, 0.717) is 50.3 Å². The molecule has 1 saturated heterocycles. The van der Waals surface area contributed by atoms with Gasteiger partial charge in [0.25, 0.3) is 0 Å². The molecule has 2 aromatic rings. The first kappa shape index (κ1) is 23.1. The number of hydrogen-bond acceptors (Lipinski definition) is 9. The van der Waals surface area contributed by atoms with Crippen LogP contribution in [0.3, 0.4) is 0 Å². The molecule has 30 heavy (non-hydrogen) atoms. The summed E-state index contributed by atoms with van der Waals surface area (Å²) in [4.78, 5) is 8.60. The molecule has 2 aromatic heterocycles. The van der Waals surface area contributed by atoms with Gasteiger partial charge < -0.3 is 23.8 Å². The smallest absolute Gasteiger partial charge is 0.330 e. The van der Waals surface area contributed by atoms with E-state index in [1.54, 1.807) is 7.11 Å². The number of hydrogen-bond donors (Lipinski definition) is 1. The number of nitrogens with one attached hydrogen (secondary N) is 1. The predicted molar refractivity (Wildman–Crippen MR) is 113 cm³/mol. The fourth-order valence-corrected chi connectivity index (χ4v) is 5.24. The molecule has 11 heteroatoms. The van der Waals surface area contributed by atoms with Gasteiger partial charge >= 0.3 is 7.60 Å². The SMILES string of the molecule is CCOP(=O)(CCCNCc1c2ncnc(OC)c2nn1C1CCCCO1)OCC. The number of aromatic nitrogens is 4. The van der Waals surface area contributed by atoms with E-state index in [9.17, 15) is 4.57 Å². The molecule has 0 amide bonds. The zero-order chi connectivity index (χ0) is 21.4. The topological polar surface area (TPSA) is 110 Å². The Bertz CT molecular complexity index is 845. The first-order chi connectivity index (χ1) is 14.6. The van der Waals surface area contributed by atoms with Crippen LogP contribution in [0.5, 0.6) is 5.88 Å². The fraction of sp³-hybridized carbons (Fsp3) is 0.737. The van der Waals surface area contributed by atoms with E-state index in [1.807, 2.05) is 18.5 Å². The van der Waals surface area contributed by atoms with Gasteiger partial charge in [-0.15, -0.1) is 0 Å². The highest BCUT2D eigenvalue weighted by atomic mass is 31.2. The molecule has 3 heterocycles. The second-order valence-electron chi connectivity index (χ2n) is 6.99. The molecule has 0 bridgehead atoms. The number of nitrogens with zero attached hydrogens (tertiary/aromatic N) is 4. The minimum absolute atomic E-state index is 0.120. The Kier molecular flexibility index (Phi) is 8.59. The normalized spacial score (nSPS) is 17.5. The van der Waals surface area contributed by atoms with Crippen LogP contribution in [0.2, 0.25) is 0 Å². The molecule has 0 aromatic carbocycles. The number of ether oxygens (including phenoxy) is 2. The molecule has 1 atom stereocenters. The van der Waals surface area contributed by atoms with Gasteiger partial charge in [-0.25, -0.2) is 9.67 Å².